The summed E-state index contributed by atoms with van der Waals surface area (Å²) in [5.74, 6) is -1.54. The standard InChI is InChI=1S/C26H26Cl2N4O5/c1-3-37-25(35)18-7-5-11-30(15-18)23(33)22-24(34)31(14-17-6-4-8-19(27)12-17)26(36)32(29-22)20-10-9-16(2)21(28)13-20/h4,6,8-10,12-13,18H,3,5,7,11,14-15H2,1-2H3. The van der Waals surface area contributed by atoms with Crippen LogP contribution in [0.2, 0.25) is 10.0 Å². The summed E-state index contributed by atoms with van der Waals surface area (Å²) >= 11 is 12.4. The van der Waals surface area contributed by atoms with E-state index in [4.69, 9.17) is 27.9 Å². The van der Waals surface area contributed by atoms with Crippen molar-refractivity contribution in [1.82, 2.24) is 19.2 Å². The van der Waals surface area contributed by atoms with E-state index in [9.17, 15) is 19.2 Å². The largest absolute Gasteiger partial charge is 0.466 e. The van der Waals surface area contributed by atoms with E-state index in [1.807, 2.05) is 6.92 Å². The lowest BCUT2D eigenvalue weighted by Gasteiger charge is -2.31. The Balaban J connectivity index is 1.81. The SMILES string of the molecule is CCOC(=O)C1CCCN(C(=O)c2nn(-c3ccc(C)c(Cl)c3)c(=O)n(Cc3cccc(Cl)c3)c2=O)C1. The first-order valence-corrected chi connectivity index (χ1v) is 12.7. The van der Waals surface area contributed by atoms with Crippen molar-refractivity contribution in [3.05, 3.63) is 90.2 Å². The summed E-state index contributed by atoms with van der Waals surface area (Å²) < 4.78 is 7.07. The van der Waals surface area contributed by atoms with Gasteiger partial charge in [0, 0.05) is 23.1 Å². The fourth-order valence-corrected chi connectivity index (χ4v) is 4.64. The topological polar surface area (TPSA) is 104 Å². The second kappa shape index (κ2) is 11.3. The molecule has 0 spiro atoms. The molecule has 1 aliphatic heterocycles. The first-order valence-electron chi connectivity index (χ1n) is 11.9. The highest BCUT2D eigenvalue weighted by molar-refractivity contribution is 6.31. The second-order valence-electron chi connectivity index (χ2n) is 8.84. The zero-order chi connectivity index (χ0) is 26.7. The monoisotopic (exact) mass is 544 g/mol. The molecule has 1 amide bonds. The molecule has 1 fully saturated rings. The third kappa shape index (κ3) is 5.78. The van der Waals surface area contributed by atoms with Crippen molar-refractivity contribution in [3.8, 4) is 5.69 Å². The van der Waals surface area contributed by atoms with E-state index in [0.29, 0.717) is 40.7 Å². The van der Waals surface area contributed by atoms with Crippen LogP contribution in [0.3, 0.4) is 0 Å². The molecule has 194 valence electrons. The first kappa shape index (κ1) is 26.6. The maximum Gasteiger partial charge on any atom is 0.352 e. The molecule has 2 aromatic carbocycles. The van der Waals surface area contributed by atoms with Gasteiger partial charge in [-0.15, -0.1) is 0 Å². The summed E-state index contributed by atoms with van der Waals surface area (Å²) in [4.78, 5) is 54.2. The van der Waals surface area contributed by atoms with Gasteiger partial charge in [0.15, 0.2) is 0 Å². The van der Waals surface area contributed by atoms with Gasteiger partial charge >= 0.3 is 11.7 Å². The van der Waals surface area contributed by atoms with Gasteiger partial charge in [-0.2, -0.15) is 9.78 Å². The lowest BCUT2D eigenvalue weighted by Crippen LogP contribution is -2.49. The normalized spacial score (nSPS) is 15.5. The number of rotatable bonds is 6. The number of halogens is 2. The molecular weight excluding hydrogens is 519 g/mol. The van der Waals surface area contributed by atoms with E-state index in [2.05, 4.69) is 5.10 Å². The van der Waals surface area contributed by atoms with Gasteiger partial charge in [0.05, 0.1) is 24.8 Å². The highest BCUT2D eigenvalue weighted by atomic mass is 35.5. The highest BCUT2D eigenvalue weighted by Crippen LogP contribution is 2.20. The predicted octanol–water partition coefficient (Wildman–Crippen LogP) is 3.47. The van der Waals surface area contributed by atoms with Crippen molar-refractivity contribution in [2.75, 3.05) is 19.7 Å². The van der Waals surface area contributed by atoms with Crippen LogP contribution in [-0.2, 0) is 16.1 Å². The van der Waals surface area contributed by atoms with Gasteiger partial charge < -0.3 is 9.64 Å². The van der Waals surface area contributed by atoms with Crippen molar-refractivity contribution < 1.29 is 14.3 Å². The zero-order valence-electron chi connectivity index (χ0n) is 20.4. The Hall–Kier alpha value is -3.43. The smallest absolute Gasteiger partial charge is 0.352 e. The number of benzene rings is 2. The van der Waals surface area contributed by atoms with Crippen LogP contribution in [-0.4, -0.2) is 50.8 Å². The van der Waals surface area contributed by atoms with Crippen LogP contribution < -0.4 is 11.2 Å². The minimum Gasteiger partial charge on any atom is -0.466 e. The first-order chi connectivity index (χ1) is 17.7. The van der Waals surface area contributed by atoms with Crippen molar-refractivity contribution in [3.63, 3.8) is 0 Å². The number of hydrogen-bond acceptors (Lipinski definition) is 6. The number of likely N-dealkylation sites (tertiary alicyclic amines) is 1. The number of carbonyl (C=O) groups excluding carboxylic acids is 2. The number of piperidine rings is 1. The number of aryl methyl sites for hydroxylation is 1. The number of ether oxygens (including phenoxy) is 1. The van der Waals surface area contributed by atoms with Crippen LogP contribution >= 0.6 is 23.2 Å². The Morgan fingerprint density at radius 2 is 1.92 bits per heavy atom. The molecule has 0 N–H and O–H groups in total. The molecule has 1 saturated heterocycles. The molecule has 11 heteroatoms. The number of amides is 1. The van der Waals surface area contributed by atoms with E-state index < -0.39 is 28.8 Å². The Kier molecular flexibility index (Phi) is 8.14. The Morgan fingerprint density at radius 1 is 1.14 bits per heavy atom. The summed E-state index contributed by atoms with van der Waals surface area (Å²) in [5.41, 5.74) is -0.293. The van der Waals surface area contributed by atoms with E-state index >= 15 is 0 Å². The quantitative estimate of drug-likeness (QED) is 0.440. The number of hydrogen-bond donors (Lipinski definition) is 0. The molecule has 3 aromatic rings. The van der Waals surface area contributed by atoms with E-state index in [1.54, 1.807) is 49.4 Å². The molecule has 0 radical (unpaired) electrons. The molecule has 0 aliphatic carbocycles. The summed E-state index contributed by atoms with van der Waals surface area (Å²) in [7, 11) is 0. The third-order valence-electron chi connectivity index (χ3n) is 6.22. The van der Waals surface area contributed by atoms with Crippen molar-refractivity contribution in [1.29, 1.82) is 0 Å². The minimum atomic E-state index is -0.831. The van der Waals surface area contributed by atoms with Crippen LogP contribution in [0.4, 0.5) is 0 Å². The third-order valence-corrected chi connectivity index (χ3v) is 6.86. The highest BCUT2D eigenvalue weighted by Gasteiger charge is 2.32. The van der Waals surface area contributed by atoms with Gasteiger partial charge in [0.1, 0.15) is 0 Å². The molecular formula is C26H26Cl2N4O5. The van der Waals surface area contributed by atoms with E-state index in [0.717, 1.165) is 14.8 Å². The number of nitrogens with zero attached hydrogens (tertiary/aromatic N) is 4. The molecule has 1 unspecified atom stereocenters. The van der Waals surface area contributed by atoms with Crippen LogP contribution in [0.5, 0.6) is 0 Å². The molecule has 37 heavy (non-hydrogen) atoms. The van der Waals surface area contributed by atoms with Crippen molar-refractivity contribution >= 4 is 35.1 Å². The summed E-state index contributed by atoms with van der Waals surface area (Å²) in [5, 5.41) is 5.04. The predicted molar refractivity (Wildman–Crippen MR) is 140 cm³/mol. The molecule has 0 bridgehead atoms. The summed E-state index contributed by atoms with van der Waals surface area (Å²) in [6, 6.07) is 11.6. The van der Waals surface area contributed by atoms with Gasteiger partial charge in [-0.3, -0.25) is 19.0 Å². The fourth-order valence-electron chi connectivity index (χ4n) is 4.25. The average Bonchev–Trinajstić information content (AvgIpc) is 2.88. The summed E-state index contributed by atoms with van der Waals surface area (Å²) in [6.45, 7) is 4.10. The van der Waals surface area contributed by atoms with Gasteiger partial charge in [-0.05, 0) is 62.1 Å². The Bertz CT molecular complexity index is 1470. The zero-order valence-corrected chi connectivity index (χ0v) is 22.0. The van der Waals surface area contributed by atoms with Crippen molar-refractivity contribution in [2.45, 2.75) is 33.2 Å². The lowest BCUT2D eigenvalue weighted by molar-refractivity contribution is -0.149. The molecule has 1 aliphatic rings. The van der Waals surface area contributed by atoms with Crippen LogP contribution in [0, 0.1) is 12.8 Å². The van der Waals surface area contributed by atoms with Gasteiger partial charge in [0.2, 0.25) is 5.69 Å². The molecule has 4 rings (SSSR count). The number of esters is 1. The maximum atomic E-state index is 13.6. The minimum absolute atomic E-state index is 0.0998. The number of carbonyl (C=O) groups is 2. The number of aromatic nitrogens is 3. The van der Waals surface area contributed by atoms with Crippen LogP contribution in [0.25, 0.3) is 5.69 Å². The van der Waals surface area contributed by atoms with Gasteiger partial charge in [0.25, 0.3) is 11.5 Å². The van der Waals surface area contributed by atoms with E-state index in [1.165, 1.54) is 4.90 Å². The maximum absolute atomic E-state index is 13.6. The van der Waals surface area contributed by atoms with Crippen molar-refractivity contribution in [2.24, 2.45) is 5.92 Å². The molecule has 2 heterocycles. The van der Waals surface area contributed by atoms with Crippen LogP contribution in [0.1, 0.15) is 41.4 Å². The van der Waals surface area contributed by atoms with Gasteiger partial charge in [-0.25, -0.2) is 4.79 Å². The molecule has 1 aromatic heterocycles. The molecule has 0 saturated carbocycles. The molecule has 9 nitrogen and oxygen atoms in total. The van der Waals surface area contributed by atoms with Gasteiger partial charge in [-0.1, -0.05) is 41.4 Å². The Morgan fingerprint density at radius 3 is 2.62 bits per heavy atom. The van der Waals surface area contributed by atoms with E-state index in [-0.39, 0.29) is 25.7 Å². The van der Waals surface area contributed by atoms with Crippen LogP contribution in [0.15, 0.2) is 52.1 Å². The summed E-state index contributed by atoms with van der Waals surface area (Å²) in [6.07, 6.45) is 1.15. The molecule has 1 atom stereocenters. The average molecular weight is 545 g/mol. The lowest BCUT2D eigenvalue weighted by atomic mass is 9.98. The fraction of sp³-hybridized carbons (Fsp3) is 0.346. The Labute approximate surface area is 223 Å². The second-order valence-corrected chi connectivity index (χ2v) is 9.68.